The maximum absolute atomic E-state index is 9.29. The van der Waals surface area contributed by atoms with Gasteiger partial charge in [0.15, 0.2) is 0 Å². The fourth-order valence-corrected chi connectivity index (χ4v) is 2.26. The molecule has 20 heavy (non-hydrogen) atoms. The quantitative estimate of drug-likeness (QED) is 0.876. The van der Waals surface area contributed by atoms with Gasteiger partial charge in [-0.15, -0.1) is 0 Å². The maximum atomic E-state index is 9.29. The molecule has 2 aromatic rings. The van der Waals surface area contributed by atoms with Crippen molar-refractivity contribution >= 4 is 0 Å². The van der Waals surface area contributed by atoms with Crippen LogP contribution in [0.1, 0.15) is 20.3 Å². The predicted molar refractivity (Wildman–Crippen MR) is 80.0 cm³/mol. The number of aryl methyl sites for hydroxylation is 1. The predicted octanol–water partition coefficient (Wildman–Crippen LogP) is 2.83. The first-order valence-electron chi connectivity index (χ1n) is 6.91. The van der Waals surface area contributed by atoms with Gasteiger partial charge in [0.2, 0.25) is 0 Å². The smallest absolute Gasteiger partial charge is 0.139 e. The van der Waals surface area contributed by atoms with Gasteiger partial charge in [0, 0.05) is 24.5 Å². The van der Waals surface area contributed by atoms with Crippen molar-refractivity contribution in [2.24, 2.45) is 0 Å². The van der Waals surface area contributed by atoms with Crippen molar-refractivity contribution in [3.05, 3.63) is 42.7 Å². The van der Waals surface area contributed by atoms with E-state index in [-0.39, 0.29) is 0 Å². The number of rotatable bonds is 6. The van der Waals surface area contributed by atoms with E-state index in [2.05, 4.69) is 20.9 Å². The summed E-state index contributed by atoms with van der Waals surface area (Å²) in [5, 5.41) is 12.5. The third kappa shape index (κ3) is 3.25. The monoisotopic (exact) mass is 268 g/mol. The molecule has 0 aliphatic carbocycles. The molecule has 104 valence electrons. The van der Waals surface area contributed by atoms with E-state index in [0.29, 0.717) is 0 Å². The zero-order valence-corrected chi connectivity index (χ0v) is 12.0. The van der Waals surface area contributed by atoms with Crippen LogP contribution in [-0.2, 0) is 6.54 Å². The van der Waals surface area contributed by atoms with E-state index in [0.717, 1.165) is 30.9 Å². The van der Waals surface area contributed by atoms with Crippen molar-refractivity contribution in [3.8, 4) is 17.5 Å². The number of aromatic nitrogens is 2. The molecule has 0 saturated heterocycles. The molecule has 0 saturated carbocycles. The second-order valence-electron chi connectivity index (χ2n) is 5.03. The van der Waals surface area contributed by atoms with Crippen molar-refractivity contribution in [1.29, 1.82) is 5.26 Å². The summed E-state index contributed by atoms with van der Waals surface area (Å²) in [7, 11) is 0. The lowest BCUT2D eigenvalue weighted by Gasteiger charge is -2.23. The summed E-state index contributed by atoms with van der Waals surface area (Å²) >= 11 is 0. The lowest BCUT2D eigenvalue weighted by atomic mass is 10.00. The van der Waals surface area contributed by atoms with Crippen LogP contribution in [0.4, 0.5) is 0 Å². The molecule has 1 atom stereocenters. The van der Waals surface area contributed by atoms with Gasteiger partial charge in [-0.3, -0.25) is 5.32 Å². The Bertz CT molecular complexity index is 582. The minimum absolute atomic E-state index is 0.493. The van der Waals surface area contributed by atoms with E-state index < -0.39 is 5.54 Å². The molecule has 0 bridgehead atoms. The first-order chi connectivity index (χ1) is 9.68. The Hall–Kier alpha value is -2.12. The van der Waals surface area contributed by atoms with E-state index >= 15 is 0 Å². The Balaban J connectivity index is 2.13. The largest absolute Gasteiger partial charge is 0.331 e. The lowest BCUT2D eigenvalue weighted by molar-refractivity contribution is 0.402. The number of hydrogen-bond donors (Lipinski definition) is 1. The molecule has 4 nitrogen and oxygen atoms in total. The molecule has 0 aliphatic rings. The van der Waals surface area contributed by atoms with E-state index in [9.17, 15) is 5.26 Å². The van der Waals surface area contributed by atoms with Gasteiger partial charge in [-0.2, -0.15) is 5.26 Å². The van der Waals surface area contributed by atoms with Gasteiger partial charge in [0.05, 0.1) is 6.07 Å². The van der Waals surface area contributed by atoms with Gasteiger partial charge in [-0.05, 0) is 19.9 Å². The van der Waals surface area contributed by atoms with Crippen LogP contribution >= 0.6 is 0 Å². The van der Waals surface area contributed by atoms with Crippen LogP contribution < -0.4 is 5.32 Å². The maximum Gasteiger partial charge on any atom is 0.139 e. The summed E-state index contributed by atoms with van der Waals surface area (Å²) in [4.78, 5) is 4.42. The Morgan fingerprint density at radius 3 is 2.75 bits per heavy atom. The molecule has 1 aromatic heterocycles. The van der Waals surface area contributed by atoms with Gasteiger partial charge in [-0.25, -0.2) is 4.98 Å². The number of imidazole rings is 1. The summed E-state index contributed by atoms with van der Waals surface area (Å²) in [6.07, 6.45) is 4.51. The van der Waals surface area contributed by atoms with Crippen molar-refractivity contribution in [1.82, 2.24) is 14.9 Å². The van der Waals surface area contributed by atoms with Crippen LogP contribution in [0.5, 0.6) is 0 Å². The molecule has 1 unspecified atom stereocenters. The summed E-state index contributed by atoms with van der Waals surface area (Å²) in [5.74, 6) is 0.947. The summed E-state index contributed by atoms with van der Waals surface area (Å²) < 4.78 is 2.10. The molecule has 0 radical (unpaired) electrons. The summed E-state index contributed by atoms with van der Waals surface area (Å²) in [6.45, 7) is 5.51. The lowest BCUT2D eigenvalue weighted by Crippen LogP contribution is -2.41. The standard InChI is InChI=1S/C16H20N4/c1-3-19-16(2,13-17)9-11-20-12-10-18-15(20)14-7-5-4-6-8-14/h4-8,10,12,19H,3,9,11H2,1-2H3. The Morgan fingerprint density at radius 2 is 2.10 bits per heavy atom. The van der Waals surface area contributed by atoms with Crippen LogP contribution in [0, 0.1) is 11.3 Å². The van der Waals surface area contributed by atoms with Crippen LogP contribution in [-0.4, -0.2) is 21.6 Å². The average molecular weight is 268 g/mol. The zero-order chi connectivity index (χ0) is 14.4. The van der Waals surface area contributed by atoms with Gasteiger partial charge in [0.25, 0.3) is 0 Å². The second kappa shape index (κ2) is 6.36. The summed E-state index contributed by atoms with van der Waals surface area (Å²) in [5.41, 5.74) is 0.604. The van der Waals surface area contributed by atoms with E-state index in [1.54, 1.807) is 6.20 Å². The minimum atomic E-state index is -0.493. The molecular weight excluding hydrogens is 248 g/mol. The van der Waals surface area contributed by atoms with Gasteiger partial charge in [-0.1, -0.05) is 37.3 Å². The van der Waals surface area contributed by atoms with Gasteiger partial charge < -0.3 is 4.57 Å². The van der Waals surface area contributed by atoms with E-state index in [4.69, 9.17) is 0 Å². The van der Waals surface area contributed by atoms with Gasteiger partial charge in [0.1, 0.15) is 11.4 Å². The second-order valence-corrected chi connectivity index (χ2v) is 5.03. The molecule has 1 heterocycles. The molecule has 1 N–H and O–H groups in total. The highest BCUT2D eigenvalue weighted by Gasteiger charge is 2.22. The van der Waals surface area contributed by atoms with Gasteiger partial charge >= 0.3 is 0 Å². The third-order valence-electron chi connectivity index (χ3n) is 3.41. The Kier molecular flexibility index (Phi) is 4.54. The molecule has 2 rings (SSSR count). The van der Waals surface area contributed by atoms with Crippen molar-refractivity contribution in [2.45, 2.75) is 32.4 Å². The van der Waals surface area contributed by atoms with Crippen molar-refractivity contribution < 1.29 is 0 Å². The van der Waals surface area contributed by atoms with Crippen LogP contribution in [0.2, 0.25) is 0 Å². The third-order valence-corrected chi connectivity index (χ3v) is 3.41. The topological polar surface area (TPSA) is 53.6 Å². The van der Waals surface area contributed by atoms with Crippen LogP contribution in [0.25, 0.3) is 11.4 Å². The molecular formula is C16H20N4. The molecule has 0 aliphatic heterocycles. The van der Waals surface area contributed by atoms with Crippen molar-refractivity contribution in [2.75, 3.05) is 6.54 Å². The fraction of sp³-hybridized carbons (Fsp3) is 0.375. The molecule has 1 aromatic carbocycles. The molecule has 0 fully saturated rings. The molecule has 0 spiro atoms. The Labute approximate surface area is 120 Å². The fourth-order valence-electron chi connectivity index (χ4n) is 2.26. The highest BCUT2D eigenvalue weighted by molar-refractivity contribution is 5.55. The molecule has 4 heteroatoms. The van der Waals surface area contributed by atoms with Crippen LogP contribution in [0.15, 0.2) is 42.7 Å². The first kappa shape index (κ1) is 14.3. The van der Waals surface area contributed by atoms with E-state index in [1.165, 1.54) is 0 Å². The number of nitrogens with one attached hydrogen (secondary N) is 1. The highest BCUT2D eigenvalue weighted by atomic mass is 15.1. The number of benzene rings is 1. The Morgan fingerprint density at radius 1 is 1.35 bits per heavy atom. The minimum Gasteiger partial charge on any atom is -0.331 e. The summed E-state index contributed by atoms with van der Waals surface area (Å²) in [6, 6.07) is 12.5. The normalized spacial score (nSPS) is 13.7. The average Bonchev–Trinajstić information content (AvgIpc) is 2.95. The highest BCUT2D eigenvalue weighted by Crippen LogP contribution is 2.18. The number of nitrogens with zero attached hydrogens (tertiary/aromatic N) is 3. The number of hydrogen-bond acceptors (Lipinski definition) is 3. The zero-order valence-electron chi connectivity index (χ0n) is 12.0. The van der Waals surface area contributed by atoms with Crippen molar-refractivity contribution in [3.63, 3.8) is 0 Å². The number of nitriles is 1. The molecule has 0 amide bonds. The van der Waals surface area contributed by atoms with E-state index in [1.807, 2.05) is 50.4 Å². The van der Waals surface area contributed by atoms with Crippen LogP contribution in [0.3, 0.4) is 0 Å². The SMILES string of the molecule is CCNC(C)(C#N)CCn1ccnc1-c1ccccc1. The first-order valence-corrected chi connectivity index (χ1v) is 6.91.